The monoisotopic (exact) mass is 596 g/mol. The van der Waals surface area contributed by atoms with Crippen LogP contribution in [-0.2, 0) is 14.3 Å². The van der Waals surface area contributed by atoms with Gasteiger partial charge in [-0.1, -0.05) is 57.7 Å². The van der Waals surface area contributed by atoms with E-state index in [0.29, 0.717) is 29.4 Å². The van der Waals surface area contributed by atoms with Gasteiger partial charge in [0.15, 0.2) is 5.82 Å². The second kappa shape index (κ2) is 11.3. The highest BCUT2D eigenvalue weighted by Crippen LogP contribution is 2.68. The lowest BCUT2D eigenvalue weighted by atomic mass is 9.44. The van der Waals surface area contributed by atoms with E-state index in [-0.39, 0.29) is 40.5 Å². The highest BCUT2D eigenvalue weighted by Gasteiger charge is 2.68. The van der Waals surface area contributed by atoms with Gasteiger partial charge in [0.05, 0.1) is 18.1 Å². The van der Waals surface area contributed by atoms with Gasteiger partial charge in [-0.2, -0.15) is 9.78 Å². The van der Waals surface area contributed by atoms with Crippen molar-refractivity contribution >= 4 is 29.7 Å². The summed E-state index contributed by atoms with van der Waals surface area (Å²) in [6, 6.07) is 5.94. The van der Waals surface area contributed by atoms with Crippen molar-refractivity contribution in [1.29, 1.82) is 0 Å². The molecule has 3 saturated carbocycles. The van der Waals surface area contributed by atoms with E-state index in [2.05, 4.69) is 42.6 Å². The number of ether oxygens (including phenoxy) is 1. The fourth-order valence-electron chi connectivity index (χ4n) is 8.05. The maximum Gasteiger partial charge on any atom is 0.316 e. The van der Waals surface area contributed by atoms with Crippen LogP contribution in [-0.4, -0.2) is 55.9 Å². The van der Waals surface area contributed by atoms with Gasteiger partial charge in [-0.25, -0.2) is 4.39 Å². The molecule has 10 heteroatoms. The van der Waals surface area contributed by atoms with E-state index in [0.717, 1.165) is 31.0 Å². The number of hydrogen-bond donors (Lipinski definition) is 1. The second-order valence-electron chi connectivity index (χ2n) is 13.0. The summed E-state index contributed by atoms with van der Waals surface area (Å²) in [5, 5.41) is 24.8. The Hall–Kier alpha value is -2.85. The first kappa shape index (κ1) is 30.6. The summed E-state index contributed by atoms with van der Waals surface area (Å²) < 4.78 is 21.1. The van der Waals surface area contributed by atoms with Crippen LogP contribution in [0.15, 0.2) is 47.2 Å². The lowest BCUT2D eigenvalue weighted by molar-refractivity contribution is -0.205. The molecule has 5 rings (SSSR count). The van der Waals surface area contributed by atoms with Crippen LogP contribution in [0.3, 0.4) is 0 Å². The first-order valence-electron chi connectivity index (χ1n) is 14.7. The van der Waals surface area contributed by atoms with Gasteiger partial charge in [-0.15, -0.1) is 16.8 Å². The van der Waals surface area contributed by atoms with Crippen LogP contribution in [0.25, 0.3) is 0 Å². The molecule has 0 saturated heterocycles. The van der Waals surface area contributed by atoms with E-state index in [9.17, 15) is 19.1 Å². The van der Waals surface area contributed by atoms with Crippen molar-refractivity contribution in [3.8, 4) is 0 Å². The van der Waals surface area contributed by atoms with E-state index in [1.165, 1.54) is 16.8 Å². The second-order valence-corrected chi connectivity index (χ2v) is 13.9. The third-order valence-electron chi connectivity index (χ3n) is 10.9. The van der Waals surface area contributed by atoms with Gasteiger partial charge in [0.25, 0.3) is 0 Å². The SMILES string of the molecule is C=C[C@]1(C)C[C@@H](OC(=O)CSc2nnc(C)n2/N=C/c2ccc(F)cc2)[C@]2(C)[C@H](C)CC[C@]3(CCC(=O)[C@H]32)[C@@H](C)[C@@H]1O. The minimum atomic E-state index is -0.711. The molecule has 2 bridgehead atoms. The Kier molecular flexibility index (Phi) is 8.26. The molecule has 1 N–H and O–H groups in total. The van der Waals surface area contributed by atoms with Crippen LogP contribution >= 0.6 is 11.8 Å². The van der Waals surface area contributed by atoms with Crippen molar-refractivity contribution in [2.24, 2.45) is 39.1 Å². The number of aryl methyl sites for hydroxylation is 1. The molecule has 3 fully saturated rings. The summed E-state index contributed by atoms with van der Waals surface area (Å²) in [5.41, 5.74) is -0.872. The minimum Gasteiger partial charge on any atom is -0.461 e. The number of carbonyl (C=O) groups is 2. The molecule has 0 unspecified atom stereocenters. The molecule has 0 amide bonds. The Morgan fingerprint density at radius 3 is 2.67 bits per heavy atom. The number of carbonyl (C=O) groups excluding carboxylic acids is 2. The Labute approximate surface area is 251 Å². The van der Waals surface area contributed by atoms with E-state index in [1.54, 1.807) is 31.3 Å². The van der Waals surface area contributed by atoms with Crippen LogP contribution in [0.5, 0.6) is 0 Å². The summed E-state index contributed by atoms with van der Waals surface area (Å²) in [7, 11) is 0. The Balaban J connectivity index is 1.39. The van der Waals surface area contributed by atoms with Crippen molar-refractivity contribution in [2.45, 2.75) is 84.1 Å². The molecule has 3 aliphatic carbocycles. The minimum absolute atomic E-state index is 0.0291. The van der Waals surface area contributed by atoms with E-state index in [4.69, 9.17) is 4.74 Å². The molecule has 8 nitrogen and oxygen atoms in total. The number of halogens is 1. The number of rotatable bonds is 7. The van der Waals surface area contributed by atoms with E-state index < -0.39 is 29.0 Å². The van der Waals surface area contributed by atoms with Crippen molar-refractivity contribution in [1.82, 2.24) is 14.9 Å². The van der Waals surface area contributed by atoms with Gasteiger partial charge < -0.3 is 9.84 Å². The molecular formula is C32H41FN4O4S. The van der Waals surface area contributed by atoms with Crippen LogP contribution in [0.4, 0.5) is 4.39 Å². The standard InChI is InChI=1S/C32H41FN4O4S/c1-7-30(5)16-25(31(6)19(2)12-14-32(20(3)28(30)40)15-13-24(38)27(31)32)41-26(39)18-42-29-36-35-21(4)37(29)34-17-22-8-10-23(33)11-9-22/h7-11,17,19-20,25,27-28,40H,1,12-16,18H2,2-6H3/b34-17+/t19-,20+,25-,27+,28+,30-,31+,32+/m1/s1. The normalized spacial score (nSPS) is 36.4. The van der Waals surface area contributed by atoms with Gasteiger partial charge in [0.1, 0.15) is 17.7 Å². The summed E-state index contributed by atoms with van der Waals surface area (Å²) in [4.78, 5) is 27.1. The summed E-state index contributed by atoms with van der Waals surface area (Å²) in [5.74, 6) is -0.222. The lowest BCUT2D eigenvalue weighted by Gasteiger charge is -2.61. The zero-order chi connectivity index (χ0) is 30.4. The first-order chi connectivity index (χ1) is 19.9. The number of aliphatic hydroxyl groups excluding tert-OH is 1. The zero-order valence-electron chi connectivity index (χ0n) is 25.0. The number of aromatic nitrogens is 3. The third kappa shape index (κ3) is 5.04. The van der Waals surface area contributed by atoms with Crippen LogP contribution in [0, 0.1) is 46.7 Å². The largest absolute Gasteiger partial charge is 0.461 e. The van der Waals surface area contributed by atoms with E-state index in [1.807, 2.05) is 6.92 Å². The molecule has 0 aliphatic heterocycles. The van der Waals surface area contributed by atoms with Crippen LogP contribution in [0.1, 0.15) is 71.2 Å². The quantitative estimate of drug-likeness (QED) is 0.192. The number of thioether (sulfide) groups is 1. The molecule has 0 radical (unpaired) electrons. The molecule has 42 heavy (non-hydrogen) atoms. The molecule has 2 aromatic rings. The van der Waals surface area contributed by atoms with Crippen molar-refractivity contribution in [2.75, 3.05) is 5.75 Å². The number of nitrogens with zero attached hydrogens (tertiary/aromatic N) is 4. The van der Waals surface area contributed by atoms with Gasteiger partial charge in [-0.05, 0) is 67.6 Å². The number of aliphatic hydroxyl groups is 1. The number of hydrogen-bond acceptors (Lipinski definition) is 8. The summed E-state index contributed by atoms with van der Waals surface area (Å²) in [6.07, 6.45) is 5.53. The molecule has 8 atom stereocenters. The molecule has 1 heterocycles. The Morgan fingerprint density at radius 2 is 1.98 bits per heavy atom. The average Bonchev–Trinajstić information content (AvgIpc) is 3.51. The van der Waals surface area contributed by atoms with Crippen molar-refractivity contribution in [3.63, 3.8) is 0 Å². The highest BCUT2D eigenvalue weighted by molar-refractivity contribution is 7.99. The van der Waals surface area contributed by atoms with Crippen LogP contribution < -0.4 is 0 Å². The Morgan fingerprint density at radius 1 is 1.26 bits per heavy atom. The number of esters is 1. The first-order valence-corrected chi connectivity index (χ1v) is 15.7. The summed E-state index contributed by atoms with van der Waals surface area (Å²) in [6.45, 7) is 14.2. The van der Waals surface area contributed by atoms with Gasteiger partial charge in [-0.3, -0.25) is 9.59 Å². The lowest BCUT2D eigenvalue weighted by Crippen LogP contribution is -2.63. The van der Waals surface area contributed by atoms with Crippen molar-refractivity contribution in [3.05, 3.63) is 54.1 Å². The van der Waals surface area contributed by atoms with Crippen molar-refractivity contribution < 1.29 is 23.8 Å². The highest BCUT2D eigenvalue weighted by atomic mass is 32.2. The van der Waals surface area contributed by atoms with Gasteiger partial charge >= 0.3 is 5.97 Å². The smallest absolute Gasteiger partial charge is 0.316 e. The molecule has 1 aromatic heterocycles. The third-order valence-corrected chi connectivity index (χ3v) is 11.7. The maximum absolute atomic E-state index is 13.6. The summed E-state index contributed by atoms with van der Waals surface area (Å²) >= 11 is 1.16. The fourth-order valence-corrected chi connectivity index (χ4v) is 8.77. The fraction of sp³-hybridized carbons (Fsp3) is 0.594. The van der Waals surface area contributed by atoms with E-state index >= 15 is 0 Å². The van der Waals surface area contributed by atoms with Gasteiger partial charge in [0.2, 0.25) is 5.16 Å². The predicted octanol–water partition coefficient (Wildman–Crippen LogP) is 5.61. The van der Waals surface area contributed by atoms with Gasteiger partial charge in [0, 0.05) is 23.2 Å². The molecule has 0 spiro atoms. The predicted molar refractivity (Wildman–Crippen MR) is 160 cm³/mol. The van der Waals surface area contributed by atoms with Crippen LogP contribution in [0.2, 0.25) is 0 Å². The average molecular weight is 597 g/mol. The number of benzene rings is 1. The molecule has 3 aliphatic rings. The Bertz CT molecular complexity index is 1400. The maximum atomic E-state index is 13.6. The zero-order valence-corrected chi connectivity index (χ0v) is 25.9. The number of ketones is 1. The number of Topliss-reactive ketones (excluding diaryl/α,β-unsaturated/α-hetero) is 1. The molecular weight excluding hydrogens is 555 g/mol. The topological polar surface area (TPSA) is 107 Å². The molecule has 226 valence electrons. The molecule has 1 aromatic carbocycles.